The van der Waals surface area contributed by atoms with Crippen molar-refractivity contribution in [3.8, 4) is 5.75 Å². The molecule has 88 valence electrons. The van der Waals surface area contributed by atoms with Crippen molar-refractivity contribution in [1.29, 1.82) is 0 Å². The molecule has 1 aromatic carbocycles. The highest BCUT2D eigenvalue weighted by atomic mass is 35.5. The Morgan fingerprint density at radius 1 is 1.56 bits per heavy atom. The molecule has 1 heterocycles. The minimum absolute atomic E-state index is 0.334. The summed E-state index contributed by atoms with van der Waals surface area (Å²) in [6.45, 7) is 1.72. The molecule has 3 nitrogen and oxygen atoms in total. The number of hydrogen-bond acceptors (Lipinski definition) is 3. The van der Waals surface area contributed by atoms with Crippen molar-refractivity contribution >= 4 is 17.3 Å². The zero-order chi connectivity index (χ0) is 11.4. The van der Waals surface area contributed by atoms with Crippen LogP contribution in [0.4, 0.5) is 5.69 Å². The Balaban J connectivity index is 1.91. The second kappa shape index (κ2) is 5.41. The van der Waals surface area contributed by atoms with E-state index in [2.05, 4.69) is 5.32 Å². The second-order valence-corrected chi connectivity index (χ2v) is 4.27. The molecule has 0 saturated carbocycles. The largest absolute Gasteiger partial charge is 0.495 e. The molecule has 0 bridgehead atoms. The third-order valence-corrected chi connectivity index (χ3v) is 3.01. The van der Waals surface area contributed by atoms with Gasteiger partial charge in [0.25, 0.3) is 0 Å². The molecule has 1 atom stereocenters. The van der Waals surface area contributed by atoms with Crippen molar-refractivity contribution in [2.45, 2.75) is 18.9 Å². The number of halogens is 1. The van der Waals surface area contributed by atoms with Crippen LogP contribution in [0.1, 0.15) is 12.8 Å². The van der Waals surface area contributed by atoms with Crippen molar-refractivity contribution in [3.63, 3.8) is 0 Å². The topological polar surface area (TPSA) is 30.5 Å². The standard InChI is InChI=1S/C12H16ClNO2/c1-15-12-5-4-9(7-11(12)13)14-8-10-3-2-6-16-10/h4-5,7,10,14H,2-3,6,8H2,1H3/t10-/m1/s1. The first-order valence-corrected chi connectivity index (χ1v) is 5.86. The van der Waals surface area contributed by atoms with Gasteiger partial charge in [-0.1, -0.05) is 11.6 Å². The first-order valence-electron chi connectivity index (χ1n) is 5.48. The van der Waals surface area contributed by atoms with Crippen LogP contribution in [0.5, 0.6) is 5.75 Å². The summed E-state index contributed by atoms with van der Waals surface area (Å²) >= 11 is 6.03. The number of rotatable bonds is 4. The van der Waals surface area contributed by atoms with Crippen LogP contribution in [0, 0.1) is 0 Å². The average Bonchev–Trinajstić information content (AvgIpc) is 2.79. The molecular weight excluding hydrogens is 226 g/mol. The fraction of sp³-hybridized carbons (Fsp3) is 0.500. The molecule has 0 amide bonds. The fourth-order valence-electron chi connectivity index (χ4n) is 1.81. The average molecular weight is 242 g/mol. The number of benzene rings is 1. The van der Waals surface area contributed by atoms with E-state index in [0.29, 0.717) is 16.9 Å². The molecule has 0 spiro atoms. The lowest BCUT2D eigenvalue weighted by molar-refractivity contribution is 0.120. The molecule has 0 radical (unpaired) electrons. The van der Waals surface area contributed by atoms with E-state index in [1.165, 1.54) is 0 Å². The Hall–Kier alpha value is -0.930. The van der Waals surface area contributed by atoms with Crippen LogP contribution in [0.2, 0.25) is 5.02 Å². The SMILES string of the molecule is COc1ccc(NC[C@H]2CCCO2)cc1Cl. The third-order valence-electron chi connectivity index (χ3n) is 2.71. The lowest BCUT2D eigenvalue weighted by Gasteiger charge is -2.12. The molecule has 1 aromatic rings. The highest BCUT2D eigenvalue weighted by molar-refractivity contribution is 6.32. The molecule has 1 N–H and O–H groups in total. The summed E-state index contributed by atoms with van der Waals surface area (Å²) in [6.07, 6.45) is 2.63. The predicted octanol–water partition coefficient (Wildman–Crippen LogP) is 2.94. The summed E-state index contributed by atoms with van der Waals surface area (Å²) in [7, 11) is 1.61. The highest BCUT2D eigenvalue weighted by Gasteiger charge is 2.14. The Morgan fingerprint density at radius 3 is 3.06 bits per heavy atom. The monoisotopic (exact) mass is 241 g/mol. The van der Waals surface area contributed by atoms with Crippen LogP contribution >= 0.6 is 11.6 Å². The van der Waals surface area contributed by atoms with Crippen LogP contribution < -0.4 is 10.1 Å². The fourth-order valence-corrected chi connectivity index (χ4v) is 2.07. The maximum atomic E-state index is 6.03. The van der Waals surface area contributed by atoms with Crippen molar-refractivity contribution < 1.29 is 9.47 Å². The summed E-state index contributed by atoms with van der Waals surface area (Å²) in [5.41, 5.74) is 1.00. The zero-order valence-electron chi connectivity index (χ0n) is 9.33. The van der Waals surface area contributed by atoms with Crippen molar-refractivity contribution in [2.75, 3.05) is 25.6 Å². The van der Waals surface area contributed by atoms with E-state index < -0.39 is 0 Å². The van der Waals surface area contributed by atoms with E-state index in [1.54, 1.807) is 7.11 Å². The van der Waals surface area contributed by atoms with Crippen LogP contribution in [0.15, 0.2) is 18.2 Å². The Morgan fingerprint density at radius 2 is 2.44 bits per heavy atom. The van der Waals surface area contributed by atoms with Gasteiger partial charge in [-0.3, -0.25) is 0 Å². The van der Waals surface area contributed by atoms with Gasteiger partial charge in [-0.25, -0.2) is 0 Å². The van der Waals surface area contributed by atoms with Crippen LogP contribution in [-0.2, 0) is 4.74 Å². The smallest absolute Gasteiger partial charge is 0.137 e. The van der Waals surface area contributed by atoms with Gasteiger partial charge in [-0.15, -0.1) is 0 Å². The summed E-state index contributed by atoms with van der Waals surface area (Å²) in [4.78, 5) is 0. The van der Waals surface area contributed by atoms with Gasteiger partial charge >= 0.3 is 0 Å². The summed E-state index contributed by atoms with van der Waals surface area (Å²) in [5, 5.41) is 3.94. The number of ether oxygens (including phenoxy) is 2. The minimum atomic E-state index is 0.334. The summed E-state index contributed by atoms with van der Waals surface area (Å²) in [5.74, 6) is 0.698. The van der Waals surface area contributed by atoms with Crippen molar-refractivity contribution in [2.24, 2.45) is 0 Å². The van der Waals surface area contributed by atoms with E-state index in [0.717, 1.165) is 31.7 Å². The first kappa shape index (κ1) is 11.6. The van der Waals surface area contributed by atoms with Gasteiger partial charge < -0.3 is 14.8 Å². The molecular formula is C12H16ClNO2. The molecule has 1 fully saturated rings. The van der Waals surface area contributed by atoms with Crippen molar-refractivity contribution in [1.82, 2.24) is 0 Å². The minimum Gasteiger partial charge on any atom is -0.495 e. The van der Waals surface area contributed by atoms with Gasteiger partial charge in [0.2, 0.25) is 0 Å². The number of hydrogen-bond donors (Lipinski definition) is 1. The normalized spacial score (nSPS) is 19.8. The molecule has 2 rings (SSSR count). The van der Waals surface area contributed by atoms with Crippen LogP contribution in [0.25, 0.3) is 0 Å². The Bertz CT molecular complexity index is 351. The zero-order valence-corrected chi connectivity index (χ0v) is 10.1. The highest BCUT2D eigenvalue weighted by Crippen LogP contribution is 2.27. The maximum Gasteiger partial charge on any atom is 0.137 e. The molecule has 0 aliphatic carbocycles. The van der Waals surface area contributed by atoms with Gasteiger partial charge in [0.15, 0.2) is 0 Å². The third kappa shape index (κ3) is 2.80. The lowest BCUT2D eigenvalue weighted by Crippen LogP contribution is -2.18. The second-order valence-electron chi connectivity index (χ2n) is 3.87. The number of anilines is 1. The molecule has 0 unspecified atom stereocenters. The van der Waals surface area contributed by atoms with E-state index in [1.807, 2.05) is 18.2 Å². The van der Waals surface area contributed by atoms with E-state index >= 15 is 0 Å². The molecule has 4 heteroatoms. The summed E-state index contributed by atoms with van der Waals surface area (Å²) < 4.78 is 10.6. The predicted molar refractivity (Wildman–Crippen MR) is 65.5 cm³/mol. The van der Waals surface area contributed by atoms with Gasteiger partial charge in [0.05, 0.1) is 18.2 Å². The number of methoxy groups -OCH3 is 1. The quantitative estimate of drug-likeness (QED) is 0.879. The molecule has 1 saturated heterocycles. The Kier molecular flexibility index (Phi) is 3.91. The van der Waals surface area contributed by atoms with E-state index in [4.69, 9.17) is 21.1 Å². The van der Waals surface area contributed by atoms with Gasteiger partial charge in [0.1, 0.15) is 5.75 Å². The van der Waals surface area contributed by atoms with E-state index in [-0.39, 0.29) is 0 Å². The van der Waals surface area contributed by atoms with Gasteiger partial charge in [-0.05, 0) is 31.0 Å². The molecule has 1 aliphatic heterocycles. The lowest BCUT2D eigenvalue weighted by atomic mass is 10.2. The first-order chi connectivity index (χ1) is 7.79. The van der Waals surface area contributed by atoms with Crippen LogP contribution in [-0.4, -0.2) is 26.4 Å². The van der Waals surface area contributed by atoms with Gasteiger partial charge in [0, 0.05) is 18.8 Å². The molecule has 1 aliphatic rings. The maximum absolute atomic E-state index is 6.03. The van der Waals surface area contributed by atoms with Crippen molar-refractivity contribution in [3.05, 3.63) is 23.2 Å². The molecule has 0 aromatic heterocycles. The number of nitrogens with one attached hydrogen (secondary N) is 1. The Labute approximate surface area is 101 Å². The van der Waals surface area contributed by atoms with Crippen LogP contribution in [0.3, 0.4) is 0 Å². The molecule has 16 heavy (non-hydrogen) atoms. The van der Waals surface area contributed by atoms with E-state index in [9.17, 15) is 0 Å². The van der Waals surface area contributed by atoms with Gasteiger partial charge in [-0.2, -0.15) is 0 Å². The summed E-state index contributed by atoms with van der Waals surface area (Å²) in [6, 6.07) is 5.69.